The number of carbonyl (C=O) groups is 4. The summed E-state index contributed by atoms with van der Waals surface area (Å²) >= 11 is 0. The highest BCUT2D eigenvalue weighted by Crippen LogP contribution is 2.51. The molecule has 1 spiro atoms. The maximum Gasteiger partial charge on any atom is 0.315 e. The number of likely N-dealkylation sites (tertiary alicyclic amines) is 1. The number of anilines is 1. The molecule has 2 aromatic rings. The lowest BCUT2D eigenvalue weighted by molar-refractivity contribution is -0.165. The highest BCUT2D eigenvalue weighted by molar-refractivity contribution is 6.21. The van der Waals surface area contributed by atoms with Crippen LogP contribution in [0.25, 0.3) is 10.8 Å². The maximum absolute atomic E-state index is 14.9. The third kappa shape index (κ3) is 10.2. The number of methoxy groups -OCH3 is 1. The Bertz CT molecular complexity index is 2600. The van der Waals surface area contributed by atoms with Gasteiger partial charge in [0.2, 0.25) is 5.91 Å². The third-order valence-corrected chi connectivity index (χ3v) is 15.0. The number of aliphatic hydroxyl groups is 2. The van der Waals surface area contributed by atoms with E-state index in [1.165, 1.54) is 32.4 Å². The number of benzene rings is 2. The van der Waals surface area contributed by atoms with E-state index < -0.39 is 95.1 Å². The Labute approximate surface area is 409 Å². The van der Waals surface area contributed by atoms with Gasteiger partial charge in [-0.1, -0.05) is 59.8 Å². The Morgan fingerprint density at radius 2 is 1.59 bits per heavy atom. The van der Waals surface area contributed by atoms with Gasteiger partial charge in [-0.2, -0.15) is 0 Å². The number of phenolic OH excluding ortho intramolecular Hbond substituents is 2. The minimum Gasteiger partial charge on any atom is -0.507 e. The van der Waals surface area contributed by atoms with E-state index in [1.807, 2.05) is 7.05 Å². The fourth-order valence-electron chi connectivity index (χ4n) is 10.5. The van der Waals surface area contributed by atoms with Gasteiger partial charge < -0.3 is 59.4 Å². The molecule has 5 bridgehead atoms. The zero-order chi connectivity index (χ0) is 51.1. The molecule has 2 saturated heterocycles. The summed E-state index contributed by atoms with van der Waals surface area (Å²) in [6, 6.07) is 0. The standard InChI is InChI=1S/C52H72N6O12/c1-27(2)26-57-18-16-52(17-19-57)54-40-37-38-45(63)33(8)48-39(37)49(65)51(9,70-48)68-24-15-34(67-11)30(5)47(69-36(60)25-35(59)58-22-20-56(10)21-23-58)32(7)44(62)31(6)43(61)28(3)13-12-14-29(4)50(66)53-42(46(38)64)41(40)55-52/h12-15,24,27-28,30-32,34,43-44,47,54,61-64H,16-23,25-26H2,1-11H3/b13-12+,24-15+,29-14-,53-42?/t28-,30+,31+,32+,34-,43-,44+,47+,51-/m0/s1. The Hall–Kier alpha value is -5.40. The van der Waals surface area contributed by atoms with Crippen LogP contribution < -0.4 is 20.8 Å². The number of ether oxygens (including phenoxy) is 4. The molecule has 5 N–H and O–H groups in total. The Balaban J connectivity index is 1.32. The van der Waals surface area contributed by atoms with E-state index in [-0.39, 0.29) is 49.8 Å². The van der Waals surface area contributed by atoms with Gasteiger partial charge in [-0.25, -0.2) is 4.99 Å². The van der Waals surface area contributed by atoms with Gasteiger partial charge in [0.05, 0.1) is 41.2 Å². The van der Waals surface area contributed by atoms with Crippen molar-refractivity contribution in [1.82, 2.24) is 14.7 Å². The highest BCUT2D eigenvalue weighted by Gasteiger charge is 2.51. The number of likely N-dealkylation sites (N-methyl/N-ethyl adjacent to an activating group) is 1. The van der Waals surface area contributed by atoms with Crippen LogP contribution in [-0.2, 0) is 28.6 Å². The summed E-state index contributed by atoms with van der Waals surface area (Å²) in [5.41, 5.74) is -0.224. The lowest BCUT2D eigenvalue weighted by Crippen LogP contribution is -2.49. The fourth-order valence-corrected chi connectivity index (χ4v) is 10.5. The lowest BCUT2D eigenvalue weighted by Gasteiger charge is -2.38. The minimum atomic E-state index is -2.01. The van der Waals surface area contributed by atoms with Crippen LogP contribution in [0, 0.1) is 36.5 Å². The number of phenols is 2. The van der Waals surface area contributed by atoms with Crippen LogP contribution in [-0.4, -0.2) is 155 Å². The molecule has 18 heteroatoms. The smallest absolute Gasteiger partial charge is 0.315 e. The first-order valence-electron chi connectivity index (χ1n) is 24.6. The van der Waals surface area contributed by atoms with Crippen molar-refractivity contribution in [2.45, 2.75) is 117 Å². The van der Waals surface area contributed by atoms with E-state index in [0.717, 1.165) is 6.54 Å². The monoisotopic (exact) mass is 973 g/mol. The van der Waals surface area contributed by atoms with Gasteiger partial charge in [0.25, 0.3) is 11.7 Å². The molecule has 70 heavy (non-hydrogen) atoms. The molecule has 0 saturated carbocycles. The number of aliphatic hydroxyl groups excluding tert-OH is 2. The van der Waals surface area contributed by atoms with Crippen molar-refractivity contribution in [3.63, 3.8) is 0 Å². The lowest BCUT2D eigenvalue weighted by atomic mass is 9.78. The predicted octanol–water partition coefficient (Wildman–Crippen LogP) is 3.89. The molecule has 0 aliphatic carbocycles. The van der Waals surface area contributed by atoms with Crippen LogP contribution >= 0.6 is 0 Å². The second kappa shape index (κ2) is 20.7. The number of nitrogens with zero attached hydrogens (tertiary/aromatic N) is 5. The second-order valence-electron chi connectivity index (χ2n) is 20.7. The molecule has 18 nitrogen and oxygen atoms in total. The van der Waals surface area contributed by atoms with Gasteiger partial charge in [-0.3, -0.25) is 24.2 Å². The molecule has 2 amide bonds. The summed E-state index contributed by atoms with van der Waals surface area (Å²) in [5.74, 6) is -7.76. The zero-order valence-electron chi connectivity index (χ0n) is 42.4. The number of nitrogens with one attached hydrogen (secondary N) is 1. The fraction of sp³-hybridized carbons (Fsp3) is 0.615. The molecule has 0 unspecified atom stereocenters. The van der Waals surface area contributed by atoms with E-state index in [0.29, 0.717) is 63.7 Å². The molecular weight excluding hydrogens is 901 g/mol. The van der Waals surface area contributed by atoms with E-state index in [2.05, 4.69) is 34.0 Å². The summed E-state index contributed by atoms with van der Waals surface area (Å²) in [6.45, 7) is 20.4. The number of Topliss-reactive ketones (excluding diaryl/α,β-unsaturated/α-hetero) is 1. The number of piperazine rings is 1. The largest absolute Gasteiger partial charge is 0.507 e. The Morgan fingerprint density at radius 3 is 2.23 bits per heavy atom. The van der Waals surface area contributed by atoms with Crippen LogP contribution in [0.1, 0.15) is 90.6 Å². The summed E-state index contributed by atoms with van der Waals surface area (Å²) in [5, 5.41) is 51.2. The van der Waals surface area contributed by atoms with Gasteiger partial charge in [-0.05, 0) is 32.9 Å². The van der Waals surface area contributed by atoms with E-state index in [4.69, 9.17) is 23.9 Å². The van der Waals surface area contributed by atoms with Crippen molar-refractivity contribution in [3.05, 3.63) is 58.0 Å². The summed E-state index contributed by atoms with van der Waals surface area (Å²) in [7, 11) is 3.41. The number of esters is 1. The van der Waals surface area contributed by atoms with Crippen molar-refractivity contribution >= 4 is 40.0 Å². The SMILES string of the molecule is CO[C@H]1/C=C/O[C@@]2(C)Oc3c(C)c(O)c4c(O)c(c5c(c4c3C2=O)NC2(CCN(CC(C)C)CC2)N=5)=NC(=O)/C(C)=C\C=C\[C@H](C)[C@H](O)[C@@H](C)[C@@H](O)[C@@H](C)[C@H](OC(=O)CC(=O)N2CCN(C)CC2)[C@@H]1C. The number of piperidine rings is 1. The number of amides is 2. The van der Waals surface area contributed by atoms with Crippen LogP contribution in [0.3, 0.4) is 0 Å². The molecule has 6 aliphatic heterocycles. The van der Waals surface area contributed by atoms with E-state index in [1.54, 1.807) is 58.6 Å². The van der Waals surface area contributed by atoms with Crippen molar-refractivity contribution in [2.75, 3.05) is 65.3 Å². The van der Waals surface area contributed by atoms with Crippen LogP contribution in [0.15, 0.2) is 46.1 Å². The maximum atomic E-state index is 14.9. The first kappa shape index (κ1) is 52.4. The van der Waals surface area contributed by atoms with E-state index >= 15 is 0 Å². The van der Waals surface area contributed by atoms with Gasteiger partial charge in [0.1, 0.15) is 40.4 Å². The van der Waals surface area contributed by atoms with Gasteiger partial charge in [0.15, 0.2) is 5.75 Å². The topological polar surface area (TPSA) is 233 Å². The summed E-state index contributed by atoms with van der Waals surface area (Å²) in [4.78, 5) is 71.5. The molecule has 382 valence electrons. The Kier molecular flexibility index (Phi) is 15.5. The van der Waals surface area contributed by atoms with Crippen LogP contribution in [0.2, 0.25) is 0 Å². The van der Waals surface area contributed by atoms with Crippen LogP contribution in [0.5, 0.6) is 17.2 Å². The molecule has 6 aliphatic rings. The number of hydrogen-bond acceptors (Lipinski definition) is 16. The van der Waals surface area contributed by atoms with Crippen LogP contribution in [0.4, 0.5) is 5.69 Å². The van der Waals surface area contributed by atoms with Gasteiger partial charge in [-0.15, -0.1) is 0 Å². The highest BCUT2D eigenvalue weighted by atomic mass is 16.7. The average Bonchev–Trinajstić information content (AvgIpc) is 3.82. The van der Waals surface area contributed by atoms with Crippen molar-refractivity contribution in [1.29, 1.82) is 0 Å². The molecule has 2 aromatic carbocycles. The number of aromatic hydroxyl groups is 2. The molecule has 0 radical (unpaired) electrons. The van der Waals surface area contributed by atoms with Gasteiger partial charge in [0, 0.05) is 113 Å². The quantitative estimate of drug-likeness (QED) is 0.157. The molecule has 6 heterocycles. The molecule has 8 rings (SSSR count). The average molecular weight is 973 g/mol. The zero-order valence-corrected chi connectivity index (χ0v) is 42.4. The van der Waals surface area contributed by atoms with Gasteiger partial charge >= 0.3 is 11.8 Å². The third-order valence-electron chi connectivity index (χ3n) is 15.0. The molecular formula is C52H72N6O12. The number of allylic oxidation sites excluding steroid dienone is 2. The number of rotatable bonds is 6. The molecule has 0 aromatic heterocycles. The second-order valence-corrected chi connectivity index (χ2v) is 20.7. The Morgan fingerprint density at radius 1 is 0.914 bits per heavy atom. The normalized spacial score (nSPS) is 31.6. The number of carbonyl (C=O) groups excluding carboxylic acids is 4. The van der Waals surface area contributed by atoms with Crippen molar-refractivity contribution in [2.24, 2.45) is 39.6 Å². The molecule has 9 atom stereocenters. The summed E-state index contributed by atoms with van der Waals surface area (Å²) in [6.07, 6.45) is 3.96. The number of ketones is 1. The number of fused-ring (bicyclic) bond motifs is 13. The predicted molar refractivity (Wildman–Crippen MR) is 261 cm³/mol. The minimum absolute atomic E-state index is 0.0290. The van der Waals surface area contributed by atoms with Crippen molar-refractivity contribution in [3.8, 4) is 17.2 Å². The van der Waals surface area contributed by atoms with Crippen molar-refractivity contribution < 1.29 is 58.6 Å². The number of hydrogen-bond donors (Lipinski definition) is 5. The first-order valence-corrected chi connectivity index (χ1v) is 24.6. The molecule has 2 fully saturated rings. The summed E-state index contributed by atoms with van der Waals surface area (Å²) < 4.78 is 24.6. The first-order chi connectivity index (χ1) is 33.0. The van der Waals surface area contributed by atoms with E-state index in [9.17, 15) is 39.6 Å².